The van der Waals surface area contributed by atoms with Crippen molar-refractivity contribution in [3.05, 3.63) is 63.9 Å². The minimum atomic E-state index is -0.242. The van der Waals surface area contributed by atoms with Gasteiger partial charge in [-0.25, -0.2) is 9.18 Å². The molecule has 0 radical (unpaired) electrons. The molecule has 0 unspecified atom stereocenters. The van der Waals surface area contributed by atoms with E-state index >= 15 is 0 Å². The Hall–Kier alpha value is -1.98. The van der Waals surface area contributed by atoms with E-state index in [9.17, 15) is 9.18 Å². The van der Waals surface area contributed by atoms with Crippen molar-refractivity contribution in [1.82, 2.24) is 10.2 Å². The standard InChI is InChI=1S/C19H20Cl2FN3O/c20-15-5-3-7-17(18(15)21)24-10-12-25(13-11-24)19(26)23-9-8-14-4-1-2-6-16(14)22/h1-7H,8-13H2,(H,23,26). The normalized spacial score (nSPS) is 14.4. The molecule has 0 saturated carbocycles. The third-order valence-electron chi connectivity index (χ3n) is 4.47. The molecule has 1 saturated heterocycles. The van der Waals surface area contributed by atoms with E-state index in [0.717, 1.165) is 5.69 Å². The van der Waals surface area contributed by atoms with Crippen molar-refractivity contribution < 1.29 is 9.18 Å². The van der Waals surface area contributed by atoms with Gasteiger partial charge in [0.05, 0.1) is 15.7 Å². The highest BCUT2D eigenvalue weighted by Gasteiger charge is 2.22. The molecular weight excluding hydrogens is 376 g/mol. The lowest BCUT2D eigenvalue weighted by Gasteiger charge is -2.36. The summed E-state index contributed by atoms with van der Waals surface area (Å²) in [6.07, 6.45) is 0.469. The zero-order valence-corrected chi connectivity index (χ0v) is 15.7. The molecule has 2 amide bonds. The highest BCUT2D eigenvalue weighted by molar-refractivity contribution is 6.43. The Kier molecular flexibility index (Phi) is 6.22. The summed E-state index contributed by atoms with van der Waals surface area (Å²) in [6, 6.07) is 12.0. The number of nitrogens with zero attached hydrogens (tertiary/aromatic N) is 2. The van der Waals surface area contributed by atoms with Crippen LogP contribution in [0.1, 0.15) is 5.56 Å². The zero-order chi connectivity index (χ0) is 18.5. The van der Waals surface area contributed by atoms with Crippen molar-refractivity contribution in [2.24, 2.45) is 0 Å². The zero-order valence-electron chi connectivity index (χ0n) is 14.2. The van der Waals surface area contributed by atoms with E-state index in [1.54, 1.807) is 29.2 Å². The topological polar surface area (TPSA) is 35.6 Å². The largest absolute Gasteiger partial charge is 0.367 e. The molecule has 138 valence electrons. The van der Waals surface area contributed by atoms with Gasteiger partial charge in [0.2, 0.25) is 0 Å². The summed E-state index contributed by atoms with van der Waals surface area (Å²) in [5.41, 5.74) is 1.49. The maximum Gasteiger partial charge on any atom is 0.317 e. The molecule has 1 fully saturated rings. The first-order chi connectivity index (χ1) is 12.6. The van der Waals surface area contributed by atoms with Crippen molar-refractivity contribution >= 4 is 34.9 Å². The summed E-state index contributed by atoms with van der Waals surface area (Å²) in [6.45, 7) is 2.95. The van der Waals surface area contributed by atoms with Crippen LogP contribution in [0, 0.1) is 5.82 Å². The molecule has 0 atom stereocenters. The van der Waals surface area contributed by atoms with Gasteiger partial charge in [0.15, 0.2) is 0 Å². The quantitative estimate of drug-likeness (QED) is 0.841. The van der Waals surface area contributed by atoms with Crippen molar-refractivity contribution in [3.63, 3.8) is 0 Å². The molecule has 7 heteroatoms. The van der Waals surface area contributed by atoms with Crippen LogP contribution in [-0.4, -0.2) is 43.7 Å². The fraction of sp³-hybridized carbons (Fsp3) is 0.316. The molecule has 0 aliphatic carbocycles. The number of hydrogen-bond donors (Lipinski definition) is 1. The Balaban J connectivity index is 1.48. The van der Waals surface area contributed by atoms with E-state index < -0.39 is 0 Å². The number of benzene rings is 2. The van der Waals surface area contributed by atoms with Crippen molar-refractivity contribution in [2.45, 2.75) is 6.42 Å². The van der Waals surface area contributed by atoms with Gasteiger partial charge >= 0.3 is 6.03 Å². The summed E-state index contributed by atoms with van der Waals surface area (Å²) in [7, 11) is 0. The molecule has 0 spiro atoms. The van der Waals surface area contributed by atoms with Gasteiger partial charge in [0, 0.05) is 32.7 Å². The van der Waals surface area contributed by atoms with Crippen LogP contribution >= 0.6 is 23.2 Å². The third kappa shape index (κ3) is 4.40. The molecule has 1 heterocycles. The number of carbonyl (C=O) groups excluding carboxylic acids is 1. The lowest BCUT2D eigenvalue weighted by Crippen LogP contribution is -2.52. The number of piperazine rings is 1. The lowest BCUT2D eigenvalue weighted by atomic mass is 10.1. The molecule has 26 heavy (non-hydrogen) atoms. The monoisotopic (exact) mass is 395 g/mol. The molecule has 2 aromatic rings. The maximum atomic E-state index is 13.6. The van der Waals surface area contributed by atoms with Crippen LogP contribution in [0.2, 0.25) is 10.0 Å². The average molecular weight is 396 g/mol. The number of amides is 2. The number of urea groups is 1. The average Bonchev–Trinajstić information content (AvgIpc) is 2.65. The van der Waals surface area contributed by atoms with Crippen LogP contribution < -0.4 is 10.2 Å². The molecule has 1 aliphatic heterocycles. The van der Waals surface area contributed by atoms with Gasteiger partial charge in [-0.05, 0) is 30.2 Å². The highest BCUT2D eigenvalue weighted by Crippen LogP contribution is 2.32. The van der Waals surface area contributed by atoms with Gasteiger partial charge in [-0.1, -0.05) is 47.5 Å². The Bertz CT molecular complexity index is 779. The molecular formula is C19H20Cl2FN3O. The second-order valence-corrected chi connectivity index (χ2v) is 6.91. The Morgan fingerprint density at radius 2 is 1.77 bits per heavy atom. The first-order valence-corrected chi connectivity index (χ1v) is 9.27. The predicted molar refractivity (Wildman–Crippen MR) is 104 cm³/mol. The second kappa shape index (κ2) is 8.60. The van der Waals surface area contributed by atoms with Gasteiger partial charge in [-0.15, -0.1) is 0 Å². The minimum Gasteiger partial charge on any atom is -0.367 e. The first kappa shape index (κ1) is 18.8. The fourth-order valence-electron chi connectivity index (χ4n) is 3.00. The molecule has 0 bridgehead atoms. The lowest BCUT2D eigenvalue weighted by molar-refractivity contribution is 0.194. The van der Waals surface area contributed by atoms with E-state index in [1.807, 2.05) is 12.1 Å². The highest BCUT2D eigenvalue weighted by atomic mass is 35.5. The van der Waals surface area contributed by atoms with Crippen LogP contribution in [0.4, 0.5) is 14.9 Å². The van der Waals surface area contributed by atoms with Crippen molar-refractivity contribution in [1.29, 1.82) is 0 Å². The number of nitrogens with one attached hydrogen (secondary N) is 1. The summed E-state index contributed by atoms with van der Waals surface area (Å²) in [4.78, 5) is 16.2. The van der Waals surface area contributed by atoms with E-state index in [2.05, 4.69) is 10.2 Å². The number of carbonyl (C=O) groups is 1. The number of anilines is 1. The van der Waals surface area contributed by atoms with Crippen LogP contribution in [0.15, 0.2) is 42.5 Å². The first-order valence-electron chi connectivity index (χ1n) is 8.51. The van der Waals surface area contributed by atoms with Crippen molar-refractivity contribution in [3.8, 4) is 0 Å². The minimum absolute atomic E-state index is 0.127. The number of halogens is 3. The molecule has 2 aromatic carbocycles. The summed E-state index contributed by atoms with van der Waals surface area (Å²) >= 11 is 12.3. The van der Waals surface area contributed by atoms with Crippen LogP contribution in [0.3, 0.4) is 0 Å². The van der Waals surface area contributed by atoms with E-state index in [-0.39, 0.29) is 11.8 Å². The number of rotatable bonds is 4. The predicted octanol–water partition coefficient (Wildman–Crippen LogP) is 4.21. The summed E-state index contributed by atoms with van der Waals surface area (Å²) < 4.78 is 13.6. The van der Waals surface area contributed by atoms with Gasteiger partial charge in [0.25, 0.3) is 0 Å². The Morgan fingerprint density at radius 3 is 2.50 bits per heavy atom. The van der Waals surface area contributed by atoms with Gasteiger partial charge in [0.1, 0.15) is 5.82 Å². The van der Waals surface area contributed by atoms with Gasteiger partial charge in [-0.3, -0.25) is 0 Å². The fourth-order valence-corrected chi connectivity index (χ4v) is 3.42. The number of hydrogen-bond acceptors (Lipinski definition) is 2. The van der Waals surface area contributed by atoms with E-state index in [4.69, 9.17) is 23.2 Å². The molecule has 0 aromatic heterocycles. The van der Waals surface area contributed by atoms with E-state index in [1.165, 1.54) is 6.07 Å². The summed E-state index contributed by atoms with van der Waals surface area (Å²) in [5, 5.41) is 3.92. The third-order valence-corrected chi connectivity index (χ3v) is 5.28. The summed E-state index contributed by atoms with van der Waals surface area (Å²) in [5.74, 6) is -0.242. The van der Waals surface area contributed by atoms with Crippen LogP contribution in [-0.2, 0) is 6.42 Å². The van der Waals surface area contributed by atoms with E-state index in [0.29, 0.717) is 54.8 Å². The van der Waals surface area contributed by atoms with Crippen LogP contribution in [0.25, 0.3) is 0 Å². The smallest absolute Gasteiger partial charge is 0.317 e. The maximum absolute atomic E-state index is 13.6. The Morgan fingerprint density at radius 1 is 1.04 bits per heavy atom. The SMILES string of the molecule is O=C(NCCc1ccccc1F)N1CCN(c2cccc(Cl)c2Cl)CC1. The molecule has 4 nitrogen and oxygen atoms in total. The second-order valence-electron chi connectivity index (χ2n) is 6.12. The van der Waals surface area contributed by atoms with Crippen molar-refractivity contribution in [2.75, 3.05) is 37.6 Å². The molecule has 1 aliphatic rings. The van der Waals surface area contributed by atoms with Crippen LogP contribution in [0.5, 0.6) is 0 Å². The molecule has 3 rings (SSSR count). The van der Waals surface area contributed by atoms with Gasteiger partial charge in [-0.2, -0.15) is 0 Å². The molecule has 1 N–H and O–H groups in total. The van der Waals surface area contributed by atoms with Gasteiger partial charge < -0.3 is 15.1 Å². The Labute approximate surface area is 162 Å².